The molecule has 2 aromatic carbocycles. The summed E-state index contributed by atoms with van der Waals surface area (Å²) in [4.78, 5) is 32.6. The normalized spacial score (nSPS) is 9.92. The van der Waals surface area contributed by atoms with E-state index >= 15 is 0 Å². The van der Waals surface area contributed by atoms with Gasteiger partial charge in [0, 0.05) is 18.2 Å². The number of carbonyl (C=O) groups is 1. The highest BCUT2D eigenvalue weighted by molar-refractivity contribution is 6.01. The van der Waals surface area contributed by atoms with Crippen molar-refractivity contribution >= 4 is 28.8 Å². The molecule has 136 valence electrons. The molecule has 2 rings (SSSR count). The van der Waals surface area contributed by atoms with E-state index in [4.69, 9.17) is 9.47 Å². The summed E-state index contributed by atoms with van der Waals surface area (Å²) in [6, 6.07) is 6.65. The van der Waals surface area contributed by atoms with Gasteiger partial charge in [0.2, 0.25) is 0 Å². The van der Waals surface area contributed by atoms with Crippen LogP contribution in [0.15, 0.2) is 36.4 Å². The maximum atomic E-state index is 12.2. The van der Waals surface area contributed by atoms with Crippen LogP contribution >= 0.6 is 0 Å². The third-order valence-corrected chi connectivity index (χ3v) is 3.29. The monoisotopic (exact) mass is 362 g/mol. The summed E-state index contributed by atoms with van der Waals surface area (Å²) in [5.74, 6) is 0.307. The van der Waals surface area contributed by atoms with Gasteiger partial charge in [-0.2, -0.15) is 0 Å². The van der Waals surface area contributed by atoms with Crippen molar-refractivity contribution in [3.63, 3.8) is 0 Å². The predicted molar refractivity (Wildman–Crippen MR) is 91.9 cm³/mol. The van der Waals surface area contributed by atoms with Gasteiger partial charge in [-0.25, -0.2) is 4.79 Å². The highest BCUT2D eigenvalue weighted by Gasteiger charge is 2.16. The molecule has 0 saturated heterocycles. The number of hydrogen-bond acceptors (Lipinski definition) is 7. The van der Waals surface area contributed by atoms with Gasteiger partial charge in [0.05, 0.1) is 41.5 Å². The average Bonchev–Trinajstić information content (AvgIpc) is 2.61. The number of rotatable bonds is 6. The summed E-state index contributed by atoms with van der Waals surface area (Å²) in [5.41, 5.74) is -0.165. The summed E-state index contributed by atoms with van der Waals surface area (Å²) in [6.45, 7) is 0. The van der Waals surface area contributed by atoms with Crippen LogP contribution < -0.4 is 20.1 Å². The second-order valence-electron chi connectivity index (χ2n) is 4.86. The zero-order chi connectivity index (χ0) is 19.3. The molecule has 26 heavy (non-hydrogen) atoms. The average molecular weight is 362 g/mol. The molecule has 0 aliphatic carbocycles. The second kappa shape index (κ2) is 7.79. The lowest BCUT2D eigenvalue weighted by Crippen LogP contribution is -2.20. The minimum atomic E-state index is -0.740. The number of methoxy groups -OCH3 is 2. The van der Waals surface area contributed by atoms with Crippen LogP contribution in [0.25, 0.3) is 0 Å². The first kappa shape index (κ1) is 18.4. The topological polar surface area (TPSA) is 146 Å². The molecule has 0 heterocycles. The number of urea groups is 1. The number of nitrogens with one attached hydrogen (secondary N) is 2. The van der Waals surface area contributed by atoms with Crippen molar-refractivity contribution in [1.82, 2.24) is 0 Å². The SMILES string of the molecule is COc1ccc([N+](=O)[O-])cc1NC(=O)Nc1ccc([N+](=O)[O-])cc1OC. The van der Waals surface area contributed by atoms with Crippen molar-refractivity contribution in [3.8, 4) is 11.5 Å². The Hall–Kier alpha value is -3.89. The van der Waals surface area contributed by atoms with E-state index in [1.807, 2.05) is 0 Å². The molecule has 11 heteroatoms. The van der Waals surface area contributed by atoms with Gasteiger partial charge in [-0.1, -0.05) is 0 Å². The van der Waals surface area contributed by atoms with Gasteiger partial charge in [0.1, 0.15) is 11.5 Å². The first-order chi connectivity index (χ1) is 12.3. The molecule has 0 spiro atoms. The van der Waals surface area contributed by atoms with Crippen molar-refractivity contribution in [2.45, 2.75) is 0 Å². The maximum absolute atomic E-state index is 12.2. The number of nitrogens with zero attached hydrogens (tertiary/aromatic N) is 2. The zero-order valence-electron chi connectivity index (χ0n) is 13.7. The maximum Gasteiger partial charge on any atom is 0.323 e. The number of benzene rings is 2. The lowest BCUT2D eigenvalue weighted by Gasteiger charge is -2.13. The number of nitro benzene ring substituents is 2. The first-order valence-corrected chi connectivity index (χ1v) is 7.08. The number of hydrogen-bond donors (Lipinski definition) is 2. The largest absolute Gasteiger partial charge is 0.495 e. The van der Waals surface area contributed by atoms with Gasteiger partial charge in [-0.3, -0.25) is 20.2 Å². The minimum Gasteiger partial charge on any atom is -0.495 e. The van der Waals surface area contributed by atoms with Gasteiger partial charge < -0.3 is 20.1 Å². The molecule has 0 bridgehead atoms. The van der Waals surface area contributed by atoms with E-state index in [9.17, 15) is 25.0 Å². The summed E-state index contributed by atoms with van der Waals surface area (Å²) in [6.07, 6.45) is 0. The van der Waals surface area contributed by atoms with Gasteiger partial charge in [-0.05, 0) is 12.1 Å². The van der Waals surface area contributed by atoms with Crippen LogP contribution in [0.4, 0.5) is 27.5 Å². The lowest BCUT2D eigenvalue weighted by atomic mass is 10.2. The molecule has 0 atom stereocenters. The molecule has 2 N–H and O–H groups in total. The van der Waals surface area contributed by atoms with E-state index in [0.717, 1.165) is 12.1 Å². The number of ether oxygens (including phenoxy) is 2. The van der Waals surface area contributed by atoms with Crippen molar-refractivity contribution in [1.29, 1.82) is 0 Å². The molecule has 0 radical (unpaired) electrons. The van der Waals surface area contributed by atoms with Crippen LogP contribution in [-0.4, -0.2) is 30.1 Å². The predicted octanol–water partition coefficient (Wildman–Crippen LogP) is 3.16. The number of anilines is 2. The summed E-state index contributed by atoms with van der Waals surface area (Å²) < 4.78 is 10.1. The summed E-state index contributed by atoms with van der Waals surface area (Å²) in [7, 11) is 2.65. The Morgan fingerprint density at radius 1 is 0.846 bits per heavy atom. The van der Waals surface area contributed by atoms with Gasteiger partial charge in [0.25, 0.3) is 11.4 Å². The highest BCUT2D eigenvalue weighted by atomic mass is 16.6. The van der Waals surface area contributed by atoms with Crippen LogP contribution in [0.5, 0.6) is 11.5 Å². The fourth-order valence-electron chi connectivity index (χ4n) is 2.08. The van der Waals surface area contributed by atoms with Crippen LogP contribution in [-0.2, 0) is 0 Å². The molecule has 0 aliphatic heterocycles. The van der Waals surface area contributed by atoms with E-state index in [1.165, 1.54) is 38.5 Å². The fourth-order valence-corrected chi connectivity index (χ4v) is 2.08. The molecule has 0 fully saturated rings. The number of carbonyl (C=O) groups excluding carboxylic acids is 1. The standard InChI is InChI=1S/C15H14N4O7/c1-25-13-6-4-9(18(21)22)7-12(13)17-15(20)16-11-5-3-10(19(23)24)8-14(11)26-2/h3-8H,1-2H3,(H2,16,17,20). The molecule has 0 aromatic heterocycles. The van der Waals surface area contributed by atoms with Crippen molar-refractivity contribution < 1.29 is 24.1 Å². The Labute approximate surface area is 146 Å². The third kappa shape index (κ3) is 4.14. The Kier molecular flexibility index (Phi) is 5.53. The first-order valence-electron chi connectivity index (χ1n) is 7.08. The van der Waals surface area contributed by atoms with Gasteiger partial charge >= 0.3 is 6.03 Å². The number of nitro groups is 2. The smallest absolute Gasteiger partial charge is 0.323 e. The second-order valence-corrected chi connectivity index (χ2v) is 4.86. The highest BCUT2D eigenvalue weighted by Crippen LogP contribution is 2.31. The molecule has 2 amide bonds. The van der Waals surface area contributed by atoms with E-state index < -0.39 is 15.9 Å². The van der Waals surface area contributed by atoms with Crippen LogP contribution in [0.2, 0.25) is 0 Å². The molecule has 2 aromatic rings. The molecule has 0 aliphatic rings. The third-order valence-electron chi connectivity index (χ3n) is 3.29. The lowest BCUT2D eigenvalue weighted by molar-refractivity contribution is -0.385. The van der Waals surface area contributed by atoms with Gasteiger partial charge in [-0.15, -0.1) is 0 Å². The molecule has 0 unspecified atom stereocenters. The number of amides is 2. The van der Waals surface area contributed by atoms with E-state index in [2.05, 4.69) is 10.6 Å². The van der Waals surface area contributed by atoms with Crippen molar-refractivity contribution in [2.24, 2.45) is 0 Å². The van der Waals surface area contributed by atoms with Crippen LogP contribution in [0.1, 0.15) is 0 Å². The quantitative estimate of drug-likeness (QED) is 0.592. The van der Waals surface area contributed by atoms with Crippen molar-refractivity contribution in [2.75, 3.05) is 24.9 Å². The number of non-ortho nitro benzene ring substituents is 2. The van der Waals surface area contributed by atoms with Crippen LogP contribution in [0, 0.1) is 20.2 Å². The molecule has 0 saturated carbocycles. The Balaban J connectivity index is 2.22. The summed E-state index contributed by atoms with van der Waals surface area (Å²) in [5, 5.41) is 26.5. The molecule has 11 nitrogen and oxygen atoms in total. The Morgan fingerprint density at radius 3 is 1.96 bits per heavy atom. The Bertz CT molecular complexity index is 869. The Morgan fingerprint density at radius 2 is 1.38 bits per heavy atom. The summed E-state index contributed by atoms with van der Waals surface area (Å²) >= 11 is 0. The van der Waals surface area contributed by atoms with Crippen molar-refractivity contribution in [3.05, 3.63) is 56.6 Å². The van der Waals surface area contributed by atoms with Gasteiger partial charge in [0.15, 0.2) is 0 Å². The van der Waals surface area contributed by atoms with E-state index in [0.29, 0.717) is 0 Å². The molecular formula is C15H14N4O7. The fraction of sp³-hybridized carbons (Fsp3) is 0.133. The van der Waals surface area contributed by atoms with E-state index in [-0.39, 0.29) is 34.2 Å². The van der Waals surface area contributed by atoms with Crippen LogP contribution in [0.3, 0.4) is 0 Å². The molecular weight excluding hydrogens is 348 g/mol. The minimum absolute atomic E-state index is 0.0834. The zero-order valence-corrected chi connectivity index (χ0v) is 13.7. The van der Waals surface area contributed by atoms with E-state index in [1.54, 1.807) is 0 Å².